The van der Waals surface area contributed by atoms with Gasteiger partial charge < -0.3 is 5.73 Å². The summed E-state index contributed by atoms with van der Waals surface area (Å²) in [5, 5.41) is 4.10. The minimum atomic E-state index is -0.653. The quantitative estimate of drug-likeness (QED) is 0.811. The van der Waals surface area contributed by atoms with Crippen LogP contribution in [0.5, 0.6) is 0 Å². The summed E-state index contributed by atoms with van der Waals surface area (Å²) in [4.78, 5) is 37.9. The highest BCUT2D eigenvalue weighted by Gasteiger charge is 2.40. The van der Waals surface area contributed by atoms with Crippen molar-refractivity contribution in [2.24, 2.45) is 5.73 Å². The van der Waals surface area contributed by atoms with Gasteiger partial charge in [-0.1, -0.05) is 12.1 Å². The van der Waals surface area contributed by atoms with Crippen LogP contribution in [0, 0.1) is 0 Å². The summed E-state index contributed by atoms with van der Waals surface area (Å²) >= 11 is 0. The van der Waals surface area contributed by atoms with Crippen molar-refractivity contribution in [2.45, 2.75) is 25.4 Å². The Balaban J connectivity index is 1.86. The molecule has 6 heteroatoms. The number of imide groups is 1. The van der Waals surface area contributed by atoms with Crippen molar-refractivity contribution in [3.05, 3.63) is 41.5 Å². The monoisotopic (exact) mass is 309 g/mol. The van der Waals surface area contributed by atoms with Crippen molar-refractivity contribution in [1.82, 2.24) is 5.32 Å². The molecule has 1 atom stereocenters. The van der Waals surface area contributed by atoms with Crippen LogP contribution in [-0.2, 0) is 16.1 Å². The van der Waals surface area contributed by atoms with Crippen molar-refractivity contribution < 1.29 is 14.4 Å². The summed E-state index contributed by atoms with van der Waals surface area (Å²) in [5.74, 6) is -0.918. The molecular weight excluding hydrogens is 294 g/mol. The lowest BCUT2D eigenvalue weighted by Crippen LogP contribution is -2.53. The van der Waals surface area contributed by atoms with Gasteiger partial charge in [0.15, 0.2) is 0 Å². The second-order valence-electron chi connectivity index (χ2n) is 5.86. The molecule has 6 nitrogen and oxygen atoms in total. The van der Waals surface area contributed by atoms with Crippen molar-refractivity contribution >= 4 is 34.2 Å². The Morgan fingerprint density at radius 3 is 2.78 bits per heavy atom. The number of hydrogen-bond acceptors (Lipinski definition) is 4. The molecule has 0 radical (unpaired) electrons. The smallest absolute Gasteiger partial charge is 0.259 e. The number of anilines is 1. The molecular formula is C17H15N3O3. The fourth-order valence-electron chi connectivity index (χ4n) is 3.43. The largest absolute Gasteiger partial charge is 0.326 e. The van der Waals surface area contributed by atoms with Crippen molar-refractivity contribution in [3.63, 3.8) is 0 Å². The lowest BCUT2D eigenvalue weighted by atomic mass is 10.0. The van der Waals surface area contributed by atoms with Gasteiger partial charge in [0, 0.05) is 18.4 Å². The van der Waals surface area contributed by atoms with Gasteiger partial charge in [0.25, 0.3) is 5.91 Å². The molecule has 23 heavy (non-hydrogen) atoms. The van der Waals surface area contributed by atoms with Crippen LogP contribution in [0.25, 0.3) is 10.8 Å². The van der Waals surface area contributed by atoms with Gasteiger partial charge in [0.05, 0.1) is 11.3 Å². The van der Waals surface area contributed by atoms with Gasteiger partial charge in [0.2, 0.25) is 11.8 Å². The Bertz CT molecular complexity index is 875. The molecule has 2 aromatic carbocycles. The van der Waals surface area contributed by atoms with Crippen LogP contribution in [0.1, 0.15) is 28.8 Å². The Morgan fingerprint density at radius 1 is 1.22 bits per heavy atom. The Labute approximate surface area is 132 Å². The number of hydrogen-bond donors (Lipinski definition) is 2. The lowest BCUT2D eigenvalue weighted by Gasteiger charge is -2.30. The van der Waals surface area contributed by atoms with Crippen molar-refractivity contribution in [2.75, 3.05) is 4.90 Å². The molecule has 0 aromatic heterocycles. The third-order valence-electron chi connectivity index (χ3n) is 4.48. The van der Waals surface area contributed by atoms with E-state index in [2.05, 4.69) is 5.32 Å². The lowest BCUT2D eigenvalue weighted by molar-refractivity contribution is -0.134. The van der Waals surface area contributed by atoms with E-state index < -0.39 is 11.9 Å². The van der Waals surface area contributed by atoms with E-state index in [1.54, 1.807) is 6.07 Å². The van der Waals surface area contributed by atoms with Crippen LogP contribution < -0.4 is 16.0 Å². The van der Waals surface area contributed by atoms with E-state index in [0.717, 1.165) is 22.0 Å². The Morgan fingerprint density at radius 2 is 2.04 bits per heavy atom. The number of nitrogens with two attached hydrogens (primary N) is 1. The summed E-state index contributed by atoms with van der Waals surface area (Å²) in [6.45, 7) is 0.346. The number of amides is 3. The molecule has 2 aromatic rings. The summed E-state index contributed by atoms with van der Waals surface area (Å²) in [5.41, 5.74) is 7.89. The van der Waals surface area contributed by atoms with Gasteiger partial charge >= 0.3 is 0 Å². The molecule has 0 saturated carbocycles. The highest BCUT2D eigenvalue weighted by Crippen LogP contribution is 2.40. The first-order valence-corrected chi connectivity index (χ1v) is 7.53. The molecule has 2 heterocycles. The Hall–Kier alpha value is -2.73. The molecule has 1 saturated heterocycles. The van der Waals surface area contributed by atoms with Gasteiger partial charge in [-0.25, -0.2) is 0 Å². The predicted octanol–water partition coefficient (Wildman–Crippen LogP) is 1.06. The first-order chi connectivity index (χ1) is 11.1. The fourth-order valence-corrected chi connectivity index (χ4v) is 3.43. The summed E-state index contributed by atoms with van der Waals surface area (Å²) < 4.78 is 0. The van der Waals surface area contributed by atoms with Crippen LogP contribution in [0.15, 0.2) is 30.3 Å². The van der Waals surface area contributed by atoms with Gasteiger partial charge in [-0.15, -0.1) is 0 Å². The van der Waals surface area contributed by atoms with Gasteiger partial charge in [-0.3, -0.25) is 24.6 Å². The summed E-state index contributed by atoms with van der Waals surface area (Å²) in [6.07, 6.45) is 0.574. The number of nitrogens with one attached hydrogen (secondary N) is 1. The topological polar surface area (TPSA) is 92.5 Å². The SMILES string of the molecule is NCc1cc2c3c(cccc3c1)N(C1CCC(=O)NC1=O)C2=O. The maximum Gasteiger partial charge on any atom is 0.259 e. The third kappa shape index (κ3) is 1.95. The zero-order valence-electron chi connectivity index (χ0n) is 12.3. The van der Waals surface area contributed by atoms with E-state index in [9.17, 15) is 14.4 Å². The number of carbonyl (C=O) groups is 3. The maximum absolute atomic E-state index is 12.9. The molecule has 1 fully saturated rings. The van der Waals surface area contributed by atoms with Crippen LogP contribution in [0.4, 0.5) is 5.69 Å². The zero-order chi connectivity index (χ0) is 16.1. The molecule has 0 bridgehead atoms. The number of benzene rings is 2. The average molecular weight is 309 g/mol. The Kier molecular flexibility index (Phi) is 2.96. The van der Waals surface area contributed by atoms with Crippen LogP contribution in [0.2, 0.25) is 0 Å². The highest BCUT2D eigenvalue weighted by atomic mass is 16.2. The van der Waals surface area contributed by atoms with Crippen LogP contribution >= 0.6 is 0 Å². The first kappa shape index (κ1) is 13.9. The molecule has 3 amide bonds. The van der Waals surface area contributed by atoms with E-state index in [4.69, 9.17) is 5.73 Å². The normalized spacial score (nSPS) is 20.3. The predicted molar refractivity (Wildman–Crippen MR) is 84.8 cm³/mol. The number of carbonyl (C=O) groups excluding carboxylic acids is 3. The van der Waals surface area contributed by atoms with E-state index in [1.165, 1.54) is 4.90 Å². The van der Waals surface area contributed by atoms with E-state index in [-0.39, 0.29) is 18.2 Å². The highest BCUT2D eigenvalue weighted by molar-refractivity contribution is 6.27. The second kappa shape index (κ2) is 4.89. The molecule has 2 aliphatic heterocycles. The minimum absolute atomic E-state index is 0.207. The minimum Gasteiger partial charge on any atom is -0.326 e. The summed E-state index contributed by atoms with van der Waals surface area (Å²) in [6, 6.07) is 8.73. The van der Waals surface area contributed by atoms with Crippen molar-refractivity contribution in [3.8, 4) is 0 Å². The third-order valence-corrected chi connectivity index (χ3v) is 4.48. The molecule has 0 aliphatic carbocycles. The zero-order valence-corrected chi connectivity index (χ0v) is 12.3. The second-order valence-corrected chi connectivity index (χ2v) is 5.86. The molecule has 3 N–H and O–H groups in total. The number of piperidine rings is 1. The summed E-state index contributed by atoms with van der Waals surface area (Å²) in [7, 11) is 0. The number of nitrogens with zero attached hydrogens (tertiary/aromatic N) is 1. The molecule has 116 valence electrons. The van der Waals surface area contributed by atoms with Crippen molar-refractivity contribution in [1.29, 1.82) is 0 Å². The van der Waals surface area contributed by atoms with Gasteiger partial charge in [0.1, 0.15) is 6.04 Å². The van der Waals surface area contributed by atoms with Crippen LogP contribution in [-0.4, -0.2) is 23.8 Å². The first-order valence-electron chi connectivity index (χ1n) is 7.53. The van der Waals surface area contributed by atoms with E-state index >= 15 is 0 Å². The fraction of sp³-hybridized carbons (Fsp3) is 0.235. The molecule has 2 aliphatic rings. The van der Waals surface area contributed by atoms with Gasteiger partial charge in [-0.2, -0.15) is 0 Å². The average Bonchev–Trinajstić information content (AvgIpc) is 2.82. The molecule has 0 spiro atoms. The van der Waals surface area contributed by atoms with Gasteiger partial charge in [-0.05, 0) is 35.6 Å². The molecule has 1 unspecified atom stereocenters. The standard InChI is InChI=1S/C17H15N3O3/c18-8-9-6-10-2-1-3-12-15(10)11(7-9)17(23)20(12)13-4-5-14(21)19-16(13)22/h1-3,6-7,13H,4-5,8,18H2,(H,19,21,22). The van der Waals surface area contributed by atoms with Crippen LogP contribution in [0.3, 0.4) is 0 Å². The van der Waals surface area contributed by atoms with E-state index in [0.29, 0.717) is 18.5 Å². The molecule has 4 rings (SSSR count). The van der Waals surface area contributed by atoms with E-state index in [1.807, 2.05) is 24.3 Å². The number of rotatable bonds is 2. The maximum atomic E-state index is 12.9.